The van der Waals surface area contributed by atoms with Crippen LogP contribution < -0.4 is 4.74 Å². The maximum Gasteiger partial charge on any atom is 0.126 e. The molecule has 94 valence electrons. The molecule has 19 heavy (non-hydrogen) atoms. The second-order valence-electron chi connectivity index (χ2n) is 4.67. The molecule has 1 aliphatic rings. The van der Waals surface area contributed by atoms with E-state index in [4.69, 9.17) is 4.74 Å². The van der Waals surface area contributed by atoms with E-state index >= 15 is 0 Å². The summed E-state index contributed by atoms with van der Waals surface area (Å²) in [6.07, 6.45) is 3.19. The quantitative estimate of drug-likeness (QED) is 0.533. The van der Waals surface area contributed by atoms with Crippen LogP contribution >= 0.6 is 11.3 Å². The van der Waals surface area contributed by atoms with Crippen LogP contribution in [-0.4, -0.2) is 11.7 Å². The molecule has 0 bridgehead atoms. The fourth-order valence-corrected chi connectivity index (χ4v) is 3.83. The van der Waals surface area contributed by atoms with Crippen LogP contribution in [0.15, 0.2) is 48.0 Å². The number of aromatic nitrogens is 1. The molecule has 0 unspecified atom stereocenters. The number of thiophene rings is 1. The van der Waals surface area contributed by atoms with Crippen molar-refractivity contribution in [1.29, 1.82) is 0 Å². The maximum atomic E-state index is 5.49. The number of benzene rings is 1. The molecule has 0 spiro atoms. The molecule has 0 amide bonds. The monoisotopic (exact) mass is 267 g/mol. The normalized spacial score (nSPS) is 12.3. The minimum atomic E-state index is 0.934. The minimum absolute atomic E-state index is 0.934. The summed E-state index contributed by atoms with van der Waals surface area (Å²) >= 11 is 1.84. The second kappa shape index (κ2) is 4.00. The smallest absolute Gasteiger partial charge is 0.126 e. The van der Waals surface area contributed by atoms with Crippen LogP contribution in [0.3, 0.4) is 0 Å². The lowest BCUT2D eigenvalue weighted by Crippen LogP contribution is -1.92. The zero-order chi connectivity index (χ0) is 12.8. The first kappa shape index (κ1) is 10.9. The highest BCUT2D eigenvalue weighted by atomic mass is 32.1. The zero-order valence-corrected chi connectivity index (χ0v) is 11.4. The number of fused-ring (bicyclic) bond motifs is 3. The molecule has 3 aromatic rings. The van der Waals surface area contributed by atoms with E-state index in [0.29, 0.717) is 0 Å². The predicted octanol–water partition coefficient (Wildman–Crippen LogP) is 4.12. The van der Waals surface area contributed by atoms with Gasteiger partial charge in [0.25, 0.3) is 0 Å². The largest absolute Gasteiger partial charge is 0.496 e. The van der Waals surface area contributed by atoms with Gasteiger partial charge in [0.1, 0.15) is 5.75 Å². The van der Waals surface area contributed by atoms with Crippen molar-refractivity contribution >= 4 is 11.3 Å². The first-order valence-corrected chi connectivity index (χ1v) is 7.17. The summed E-state index contributed by atoms with van der Waals surface area (Å²) in [5.41, 5.74) is 5.14. The molecule has 4 rings (SSSR count). The Balaban J connectivity index is 1.96. The van der Waals surface area contributed by atoms with Crippen molar-refractivity contribution in [3.8, 4) is 22.6 Å². The third-order valence-electron chi connectivity index (χ3n) is 3.65. The molecule has 0 fully saturated rings. The first-order chi connectivity index (χ1) is 9.38. The number of para-hydroxylation sites is 1. The van der Waals surface area contributed by atoms with Crippen molar-refractivity contribution in [3.63, 3.8) is 0 Å². The van der Waals surface area contributed by atoms with Gasteiger partial charge in [0.05, 0.1) is 12.8 Å². The van der Waals surface area contributed by atoms with Crippen LogP contribution in [-0.2, 0) is 6.42 Å². The van der Waals surface area contributed by atoms with E-state index in [1.807, 2.05) is 23.5 Å². The summed E-state index contributed by atoms with van der Waals surface area (Å²) in [7, 11) is 1.73. The van der Waals surface area contributed by atoms with Crippen LogP contribution in [0.2, 0.25) is 0 Å². The van der Waals surface area contributed by atoms with E-state index < -0.39 is 0 Å². The molecule has 0 atom stereocenters. The highest BCUT2D eigenvalue weighted by Gasteiger charge is 2.24. The highest BCUT2D eigenvalue weighted by molar-refractivity contribution is 7.11. The van der Waals surface area contributed by atoms with E-state index in [2.05, 4.69) is 40.4 Å². The van der Waals surface area contributed by atoms with E-state index in [-0.39, 0.29) is 0 Å². The molecular formula is C16H13NOS. The molecule has 3 heteroatoms. The molecule has 2 aromatic heterocycles. The molecule has 1 aliphatic heterocycles. The molecule has 0 saturated heterocycles. The van der Waals surface area contributed by atoms with Gasteiger partial charge in [-0.15, -0.1) is 11.3 Å². The van der Waals surface area contributed by atoms with Crippen molar-refractivity contribution in [3.05, 3.63) is 58.5 Å². The Morgan fingerprint density at radius 2 is 2.00 bits per heavy atom. The van der Waals surface area contributed by atoms with Gasteiger partial charge in [-0.05, 0) is 18.2 Å². The van der Waals surface area contributed by atoms with Gasteiger partial charge in [-0.2, -0.15) is 0 Å². The van der Waals surface area contributed by atoms with Crippen molar-refractivity contribution in [2.45, 2.75) is 6.42 Å². The van der Waals surface area contributed by atoms with Gasteiger partial charge >= 0.3 is 0 Å². The third-order valence-corrected chi connectivity index (χ3v) is 4.63. The third kappa shape index (κ3) is 1.48. The maximum absolute atomic E-state index is 5.49. The number of ether oxygens (including phenoxy) is 1. The Bertz CT molecular complexity index is 754. The van der Waals surface area contributed by atoms with Gasteiger partial charge in [-0.25, -0.2) is 0 Å². The molecule has 0 aliphatic carbocycles. The Labute approximate surface area is 115 Å². The molecule has 3 heterocycles. The van der Waals surface area contributed by atoms with Crippen molar-refractivity contribution in [2.24, 2.45) is 0 Å². The standard InChI is InChI=1S/C16H13NOS/c1-18-14-7-3-2-6-12(14)13-10-19-15-9-11-5-4-8-17(11)16(13)15/h2-8,10H,9H2,1H3. The van der Waals surface area contributed by atoms with Crippen LogP contribution in [0.1, 0.15) is 10.6 Å². The molecule has 0 saturated carbocycles. The fraction of sp³-hybridized carbons (Fsp3) is 0.125. The van der Waals surface area contributed by atoms with Gasteiger partial charge in [-0.1, -0.05) is 18.2 Å². The Kier molecular flexibility index (Phi) is 2.29. The summed E-state index contributed by atoms with van der Waals surface area (Å²) < 4.78 is 7.79. The summed E-state index contributed by atoms with van der Waals surface area (Å²) in [5.74, 6) is 0.934. The molecule has 1 aromatic carbocycles. The highest BCUT2D eigenvalue weighted by Crippen LogP contribution is 2.43. The summed E-state index contributed by atoms with van der Waals surface area (Å²) in [5, 5.41) is 2.24. The average molecular weight is 267 g/mol. The molecule has 0 radical (unpaired) electrons. The van der Waals surface area contributed by atoms with E-state index in [1.165, 1.54) is 27.4 Å². The number of hydrogen-bond donors (Lipinski definition) is 0. The van der Waals surface area contributed by atoms with E-state index in [0.717, 1.165) is 12.2 Å². The first-order valence-electron chi connectivity index (χ1n) is 6.29. The minimum Gasteiger partial charge on any atom is -0.496 e. The van der Waals surface area contributed by atoms with Gasteiger partial charge in [0.15, 0.2) is 0 Å². The van der Waals surface area contributed by atoms with Crippen LogP contribution in [0.4, 0.5) is 0 Å². The Hall–Kier alpha value is -2.00. The van der Waals surface area contributed by atoms with Gasteiger partial charge in [-0.3, -0.25) is 0 Å². The summed E-state index contributed by atoms with van der Waals surface area (Å²) in [6.45, 7) is 0. The molecule has 0 N–H and O–H groups in total. The summed E-state index contributed by atoms with van der Waals surface area (Å²) in [4.78, 5) is 1.44. The van der Waals surface area contributed by atoms with E-state index in [9.17, 15) is 0 Å². The van der Waals surface area contributed by atoms with Crippen molar-refractivity contribution in [2.75, 3.05) is 7.11 Å². The van der Waals surface area contributed by atoms with E-state index in [1.54, 1.807) is 7.11 Å². The van der Waals surface area contributed by atoms with Crippen molar-refractivity contribution < 1.29 is 4.74 Å². The Morgan fingerprint density at radius 3 is 2.89 bits per heavy atom. The van der Waals surface area contributed by atoms with Gasteiger partial charge in [0.2, 0.25) is 0 Å². The molecule has 2 nitrogen and oxygen atoms in total. The predicted molar refractivity (Wildman–Crippen MR) is 78.4 cm³/mol. The van der Waals surface area contributed by atoms with Gasteiger partial charge < -0.3 is 9.30 Å². The Morgan fingerprint density at radius 1 is 1.11 bits per heavy atom. The lowest BCUT2D eigenvalue weighted by atomic mass is 10.1. The topological polar surface area (TPSA) is 14.2 Å². The number of nitrogens with zero attached hydrogens (tertiary/aromatic N) is 1. The van der Waals surface area contributed by atoms with Crippen LogP contribution in [0.5, 0.6) is 5.75 Å². The van der Waals surface area contributed by atoms with Crippen molar-refractivity contribution in [1.82, 2.24) is 4.57 Å². The van der Waals surface area contributed by atoms with Crippen LogP contribution in [0.25, 0.3) is 16.8 Å². The number of rotatable bonds is 2. The SMILES string of the molecule is COc1ccccc1-c1csc2c1-n1cccc1C2. The zero-order valence-electron chi connectivity index (χ0n) is 10.6. The van der Waals surface area contributed by atoms with Gasteiger partial charge in [0, 0.05) is 39.7 Å². The lowest BCUT2D eigenvalue weighted by molar-refractivity contribution is 0.416. The lowest BCUT2D eigenvalue weighted by Gasteiger charge is -2.09. The summed E-state index contributed by atoms with van der Waals surface area (Å²) in [6, 6.07) is 12.5. The number of hydrogen-bond acceptors (Lipinski definition) is 2. The fourth-order valence-electron chi connectivity index (χ4n) is 2.78. The molecular weight excluding hydrogens is 254 g/mol. The average Bonchev–Trinajstić information content (AvgIpc) is 3.10. The second-order valence-corrected chi connectivity index (χ2v) is 5.63. The van der Waals surface area contributed by atoms with Crippen LogP contribution in [0, 0.1) is 0 Å². The number of methoxy groups -OCH3 is 1.